The van der Waals surface area contributed by atoms with Crippen LogP contribution in [0.1, 0.15) is 53.3 Å². The lowest BCUT2D eigenvalue weighted by Crippen LogP contribution is -2.44. The number of pyridine rings is 2. The summed E-state index contributed by atoms with van der Waals surface area (Å²) >= 11 is 0. The van der Waals surface area contributed by atoms with Crippen LogP contribution >= 0.6 is 0 Å². The summed E-state index contributed by atoms with van der Waals surface area (Å²) in [5.41, 5.74) is 3.98. The number of carbonyl (C=O) groups excluding carboxylic acids is 1. The van der Waals surface area contributed by atoms with E-state index in [1.54, 1.807) is 19.3 Å². The minimum Gasteiger partial charge on any atom is -0.374 e. The number of rotatable bonds is 4. The lowest BCUT2D eigenvalue weighted by molar-refractivity contribution is 0.0958. The van der Waals surface area contributed by atoms with Gasteiger partial charge in [-0.05, 0) is 56.8 Å². The minimum absolute atomic E-state index is 0.0234. The van der Waals surface area contributed by atoms with Crippen LogP contribution in [0.3, 0.4) is 0 Å². The summed E-state index contributed by atoms with van der Waals surface area (Å²) < 4.78 is 0. The smallest absolute Gasteiger partial charge is 0.269 e. The normalized spacial score (nSPS) is 23.8. The summed E-state index contributed by atoms with van der Waals surface area (Å²) in [6.45, 7) is 3.91. The number of nitrogens with one attached hydrogen (secondary N) is 3. The van der Waals surface area contributed by atoms with Crippen LogP contribution in [0.4, 0.5) is 11.4 Å². The molecule has 3 aliphatic rings. The lowest BCUT2D eigenvalue weighted by Gasteiger charge is -2.37. The number of likely N-dealkylation sites (tertiary alicyclic amines) is 1. The van der Waals surface area contributed by atoms with Crippen molar-refractivity contribution in [2.24, 2.45) is 0 Å². The second kappa shape index (κ2) is 9.15. The van der Waals surface area contributed by atoms with Gasteiger partial charge >= 0.3 is 0 Å². The third-order valence-electron chi connectivity index (χ3n) is 7.36. The quantitative estimate of drug-likeness (QED) is 0.552. The zero-order valence-corrected chi connectivity index (χ0v) is 19.0. The van der Waals surface area contributed by atoms with Crippen LogP contribution in [0, 0.1) is 0 Å². The highest BCUT2D eigenvalue weighted by molar-refractivity contribution is 5.92. The Morgan fingerprint density at radius 1 is 1.18 bits per heavy atom. The van der Waals surface area contributed by atoms with E-state index >= 15 is 0 Å². The molecule has 5 heterocycles. The molecule has 176 valence electrons. The molecule has 2 fully saturated rings. The third-order valence-corrected chi connectivity index (χ3v) is 7.36. The number of aliphatic hydroxyl groups is 1. The van der Waals surface area contributed by atoms with Crippen LogP contribution in [0.25, 0.3) is 0 Å². The van der Waals surface area contributed by atoms with Crippen LogP contribution in [-0.2, 0) is 6.42 Å². The lowest BCUT2D eigenvalue weighted by atomic mass is 9.98. The maximum absolute atomic E-state index is 12.6. The molecular formula is C24H32N6O3. The van der Waals surface area contributed by atoms with E-state index in [0.29, 0.717) is 30.5 Å². The highest BCUT2D eigenvalue weighted by Gasteiger charge is 2.32. The minimum atomic E-state index is -0.576. The number of piperidine rings is 1. The fraction of sp³-hybridized carbons (Fsp3) is 0.542. The zero-order chi connectivity index (χ0) is 22.9. The first-order chi connectivity index (χ1) is 16.0. The average Bonchev–Trinajstić information content (AvgIpc) is 3.34. The van der Waals surface area contributed by atoms with E-state index in [-0.39, 0.29) is 11.5 Å². The number of nitrogens with zero attached hydrogens (tertiary/aromatic N) is 3. The van der Waals surface area contributed by atoms with Crippen molar-refractivity contribution in [3.8, 4) is 0 Å². The van der Waals surface area contributed by atoms with Gasteiger partial charge in [-0.2, -0.15) is 0 Å². The molecule has 0 saturated carbocycles. The summed E-state index contributed by atoms with van der Waals surface area (Å²) in [5, 5.41) is 15.6. The number of hydrogen-bond acceptors (Lipinski definition) is 7. The molecule has 2 saturated heterocycles. The van der Waals surface area contributed by atoms with Gasteiger partial charge in [0.15, 0.2) is 0 Å². The largest absolute Gasteiger partial charge is 0.374 e. The van der Waals surface area contributed by atoms with Gasteiger partial charge in [-0.25, -0.2) is 4.98 Å². The Hall–Kier alpha value is -2.91. The predicted molar refractivity (Wildman–Crippen MR) is 127 cm³/mol. The Bertz CT molecular complexity index is 1060. The number of aliphatic hydroxyl groups excluding tert-OH is 1. The molecule has 4 N–H and O–H groups in total. The van der Waals surface area contributed by atoms with Crippen molar-refractivity contribution < 1.29 is 9.90 Å². The number of amides is 1. The standard InChI is InChI=1S/C24H32N6O3/c1-25-24(33)19-4-2-17(13-26-19)29-10-7-16(8-11-29)30-9-6-15(14-30)20-12-21-18(23(32)28-20)3-5-22(31)27-21/h2,4,12-13,15-16,22,27,31H,3,5-11,14H2,1H3,(H,25,33)(H,28,32). The Morgan fingerprint density at radius 3 is 2.73 bits per heavy atom. The van der Waals surface area contributed by atoms with Gasteiger partial charge in [0, 0.05) is 55.6 Å². The van der Waals surface area contributed by atoms with Crippen LogP contribution < -0.4 is 21.1 Å². The van der Waals surface area contributed by atoms with Crippen molar-refractivity contribution in [1.82, 2.24) is 20.2 Å². The Morgan fingerprint density at radius 2 is 2.00 bits per heavy atom. The molecule has 3 aliphatic heterocycles. The molecule has 0 bridgehead atoms. The highest BCUT2D eigenvalue weighted by atomic mass is 16.3. The molecule has 2 atom stereocenters. The number of carbonyl (C=O) groups is 1. The summed E-state index contributed by atoms with van der Waals surface area (Å²) in [5.74, 6) is 0.138. The summed E-state index contributed by atoms with van der Waals surface area (Å²) in [4.78, 5) is 36.6. The molecular weight excluding hydrogens is 420 g/mol. The fourth-order valence-electron chi connectivity index (χ4n) is 5.43. The van der Waals surface area contributed by atoms with E-state index in [0.717, 1.165) is 68.1 Å². The van der Waals surface area contributed by atoms with Gasteiger partial charge < -0.3 is 25.6 Å². The van der Waals surface area contributed by atoms with Gasteiger partial charge in [-0.1, -0.05) is 0 Å². The number of aromatic nitrogens is 2. The first kappa shape index (κ1) is 21.9. The second-order valence-corrected chi connectivity index (χ2v) is 9.32. The van der Waals surface area contributed by atoms with Crippen molar-refractivity contribution in [3.05, 3.63) is 51.7 Å². The van der Waals surface area contributed by atoms with Crippen molar-refractivity contribution in [2.45, 2.75) is 50.3 Å². The van der Waals surface area contributed by atoms with Crippen LogP contribution in [0.5, 0.6) is 0 Å². The number of hydrogen-bond donors (Lipinski definition) is 4. The van der Waals surface area contributed by atoms with Crippen molar-refractivity contribution in [3.63, 3.8) is 0 Å². The summed E-state index contributed by atoms with van der Waals surface area (Å²) in [6, 6.07) is 6.32. The molecule has 2 unspecified atom stereocenters. The molecule has 0 radical (unpaired) electrons. The maximum atomic E-state index is 12.6. The van der Waals surface area contributed by atoms with Gasteiger partial charge in [0.2, 0.25) is 0 Å². The van der Waals surface area contributed by atoms with E-state index in [2.05, 4.69) is 30.4 Å². The van der Waals surface area contributed by atoms with Gasteiger partial charge in [0.1, 0.15) is 11.9 Å². The summed E-state index contributed by atoms with van der Waals surface area (Å²) in [6.07, 6.45) is 5.58. The molecule has 9 heteroatoms. The Kier molecular flexibility index (Phi) is 6.07. The molecule has 33 heavy (non-hydrogen) atoms. The molecule has 5 rings (SSSR count). The molecule has 2 aromatic heterocycles. The fourth-order valence-corrected chi connectivity index (χ4v) is 5.43. The van der Waals surface area contributed by atoms with E-state index in [9.17, 15) is 14.7 Å². The van der Waals surface area contributed by atoms with Gasteiger partial charge in [-0.15, -0.1) is 0 Å². The van der Waals surface area contributed by atoms with Crippen LogP contribution in [0.15, 0.2) is 29.2 Å². The van der Waals surface area contributed by atoms with Gasteiger partial charge in [0.05, 0.1) is 11.9 Å². The average molecular weight is 453 g/mol. The van der Waals surface area contributed by atoms with E-state index in [1.807, 2.05) is 12.1 Å². The molecule has 2 aromatic rings. The predicted octanol–water partition coefficient (Wildman–Crippen LogP) is 1.26. The molecule has 9 nitrogen and oxygen atoms in total. The van der Waals surface area contributed by atoms with Gasteiger partial charge in [-0.3, -0.25) is 14.5 Å². The van der Waals surface area contributed by atoms with Crippen LogP contribution in [-0.4, -0.2) is 71.4 Å². The van der Waals surface area contributed by atoms with Crippen molar-refractivity contribution in [1.29, 1.82) is 0 Å². The Labute approximate surface area is 193 Å². The van der Waals surface area contributed by atoms with E-state index < -0.39 is 6.23 Å². The van der Waals surface area contributed by atoms with Gasteiger partial charge in [0.25, 0.3) is 11.5 Å². The SMILES string of the molecule is CNC(=O)c1ccc(N2CCC(N3CCC(c4cc5c(c(=O)[nH]4)CCC(O)N5)C3)CC2)cn1. The number of anilines is 2. The first-order valence-corrected chi connectivity index (χ1v) is 11.9. The molecule has 0 aliphatic carbocycles. The number of fused-ring (bicyclic) bond motifs is 1. The third kappa shape index (κ3) is 4.47. The molecule has 0 aromatic carbocycles. The monoisotopic (exact) mass is 452 g/mol. The highest BCUT2D eigenvalue weighted by Crippen LogP contribution is 2.32. The number of H-pyrrole nitrogens is 1. The Balaban J connectivity index is 1.19. The van der Waals surface area contributed by atoms with E-state index in [1.165, 1.54) is 0 Å². The van der Waals surface area contributed by atoms with E-state index in [4.69, 9.17) is 0 Å². The molecule has 0 spiro atoms. The van der Waals surface area contributed by atoms with Crippen molar-refractivity contribution in [2.75, 3.05) is 43.4 Å². The second-order valence-electron chi connectivity index (χ2n) is 9.32. The van der Waals surface area contributed by atoms with Crippen molar-refractivity contribution >= 4 is 17.3 Å². The molecule has 1 amide bonds. The van der Waals surface area contributed by atoms with Crippen LogP contribution in [0.2, 0.25) is 0 Å². The summed E-state index contributed by atoms with van der Waals surface area (Å²) in [7, 11) is 1.61. The maximum Gasteiger partial charge on any atom is 0.269 e. The zero-order valence-electron chi connectivity index (χ0n) is 19.0. The topological polar surface area (TPSA) is 114 Å². The number of aromatic amines is 1. The first-order valence-electron chi connectivity index (χ1n) is 11.9.